The van der Waals surface area contributed by atoms with Crippen molar-refractivity contribution in [3.8, 4) is 27.7 Å². The fourth-order valence-corrected chi connectivity index (χ4v) is 4.16. The van der Waals surface area contributed by atoms with Crippen molar-refractivity contribution in [3.63, 3.8) is 0 Å². The fraction of sp³-hybridized carbons (Fsp3) is 0.179. The Balaban J connectivity index is 1.32. The lowest BCUT2D eigenvalue weighted by Crippen LogP contribution is -2.39. The van der Waals surface area contributed by atoms with Crippen molar-refractivity contribution in [1.82, 2.24) is 4.90 Å². The van der Waals surface area contributed by atoms with Crippen molar-refractivity contribution in [1.29, 1.82) is 0 Å². The molecule has 3 aromatic carbocycles. The Morgan fingerprint density at radius 2 is 1.48 bits per heavy atom. The van der Waals surface area contributed by atoms with Crippen LogP contribution in [0.3, 0.4) is 0 Å². The standard InChI is InChI=1S/C28H27NO3S/c1-21(2)29(19-22-10-12-23(13-11-22)27-9-6-18-33-27)28(30)20-31-24-14-16-26(17-15-24)32-25-7-4-3-5-8-25/h3-18,21H,19-20H2,1-2H3. The number of amides is 1. The molecule has 1 heterocycles. The molecule has 0 aliphatic carbocycles. The fourth-order valence-electron chi connectivity index (χ4n) is 3.43. The average molecular weight is 458 g/mol. The minimum Gasteiger partial charge on any atom is -0.484 e. The third-order valence-corrected chi connectivity index (χ3v) is 6.14. The summed E-state index contributed by atoms with van der Waals surface area (Å²) in [5.41, 5.74) is 2.29. The molecular formula is C28H27NO3S. The molecule has 0 N–H and O–H groups in total. The van der Waals surface area contributed by atoms with Crippen molar-refractivity contribution in [2.24, 2.45) is 0 Å². The Labute approximate surface area is 199 Å². The number of rotatable bonds is 9. The summed E-state index contributed by atoms with van der Waals surface area (Å²) in [4.78, 5) is 16.0. The highest BCUT2D eigenvalue weighted by Crippen LogP contribution is 2.26. The molecule has 0 atom stereocenters. The molecule has 0 bridgehead atoms. The molecule has 0 fully saturated rings. The van der Waals surface area contributed by atoms with Crippen molar-refractivity contribution in [2.75, 3.05) is 6.61 Å². The van der Waals surface area contributed by atoms with Gasteiger partial charge in [0, 0.05) is 17.5 Å². The summed E-state index contributed by atoms with van der Waals surface area (Å²) in [6, 6.07) is 29.5. The highest BCUT2D eigenvalue weighted by atomic mass is 32.1. The van der Waals surface area contributed by atoms with Gasteiger partial charge in [-0.2, -0.15) is 0 Å². The number of nitrogens with zero attached hydrogens (tertiary/aromatic N) is 1. The van der Waals surface area contributed by atoms with Gasteiger partial charge in [-0.1, -0.05) is 48.5 Å². The van der Waals surface area contributed by atoms with E-state index < -0.39 is 0 Å². The van der Waals surface area contributed by atoms with E-state index in [1.807, 2.05) is 73.3 Å². The quantitative estimate of drug-likeness (QED) is 0.271. The first kappa shape index (κ1) is 22.6. The van der Waals surface area contributed by atoms with E-state index >= 15 is 0 Å². The van der Waals surface area contributed by atoms with Crippen LogP contribution in [0.15, 0.2) is 96.4 Å². The van der Waals surface area contributed by atoms with Crippen LogP contribution >= 0.6 is 11.3 Å². The number of carbonyl (C=O) groups is 1. The molecule has 168 valence electrons. The van der Waals surface area contributed by atoms with Gasteiger partial charge in [-0.05, 0) is 72.8 Å². The van der Waals surface area contributed by atoms with Crippen LogP contribution in [0.2, 0.25) is 0 Å². The van der Waals surface area contributed by atoms with Gasteiger partial charge in [-0.25, -0.2) is 0 Å². The first-order valence-electron chi connectivity index (χ1n) is 11.0. The zero-order valence-corrected chi connectivity index (χ0v) is 19.6. The van der Waals surface area contributed by atoms with Crippen LogP contribution in [-0.4, -0.2) is 23.5 Å². The minimum absolute atomic E-state index is 0.00958. The predicted molar refractivity (Wildman–Crippen MR) is 134 cm³/mol. The molecule has 33 heavy (non-hydrogen) atoms. The molecule has 1 aromatic heterocycles. The molecule has 5 heteroatoms. The van der Waals surface area contributed by atoms with Gasteiger partial charge in [0.2, 0.25) is 0 Å². The van der Waals surface area contributed by atoms with Gasteiger partial charge in [0.15, 0.2) is 6.61 Å². The van der Waals surface area contributed by atoms with Crippen molar-refractivity contribution in [3.05, 3.63) is 102 Å². The molecule has 4 nitrogen and oxygen atoms in total. The molecule has 0 spiro atoms. The van der Waals surface area contributed by atoms with Gasteiger partial charge in [-0.3, -0.25) is 4.79 Å². The Hall–Kier alpha value is -3.57. The topological polar surface area (TPSA) is 38.8 Å². The number of thiophene rings is 1. The van der Waals surface area contributed by atoms with Gasteiger partial charge in [-0.15, -0.1) is 11.3 Å². The van der Waals surface area contributed by atoms with E-state index in [4.69, 9.17) is 9.47 Å². The van der Waals surface area contributed by atoms with Gasteiger partial charge in [0.1, 0.15) is 17.2 Å². The maximum Gasteiger partial charge on any atom is 0.261 e. The number of benzene rings is 3. The maximum absolute atomic E-state index is 12.9. The molecule has 4 rings (SSSR count). The Morgan fingerprint density at radius 3 is 2.12 bits per heavy atom. The first-order valence-corrected chi connectivity index (χ1v) is 11.8. The predicted octanol–water partition coefficient (Wildman–Crippen LogP) is 7.02. The van der Waals surface area contributed by atoms with Crippen LogP contribution in [0.1, 0.15) is 19.4 Å². The van der Waals surface area contributed by atoms with Crippen LogP contribution < -0.4 is 9.47 Å². The van der Waals surface area contributed by atoms with Crippen molar-refractivity contribution >= 4 is 17.2 Å². The molecule has 0 aliphatic heterocycles. The highest BCUT2D eigenvalue weighted by molar-refractivity contribution is 7.13. The average Bonchev–Trinajstić information content (AvgIpc) is 3.38. The van der Waals surface area contributed by atoms with E-state index in [1.165, 1.54) is 10.4 Å². The SMILES string of the molecule is CC(C)N(Cc1ccc(-c2cccs2)cc1)C(=O)COc1ccc(Oc2ccccc2)cc1. The number of para-hydroxylation sites is 1. The van der Waals surface area contributed by atoms with E-state index in [1.54, 1.807) is 11.3 Å². The summed E-state index contributed by atoms with van der Waals surface area (Å²) in [6.45, 7) is 4.58. The van der Waals surface area contributed by atoms with E-state index in [0.717, 1.165) is 17.1 Å². The van der Waals surface area contributed by atoms with Crippen LogP contribution in [0, 0.1) is 0 Å². The summed E-state index contributed by atoms with van der Waals surface area (Å²) in [6.07, 6.45) is 0. The van der Waals surface area contributed by atoms with Crippen LogP contribution in [0.4, 0.5) is 0 Å². The second-order valence-electron chi connectivity index (χ2n) is 7.96. The molecule has 0 saturated heterocycles. The summed E-state index contributed by atoms with van der Waals surface area (Å²) in [7, 11) is 0. The first-order chi connectivity index (χ1) is 16.1. The highest BCUT2D eigenvalue weighted by Gasteiger charge is 2.18. The van der Waals surface area contributed by atoms with Crippen molar-refractivity contribution in [2.45, 2.75) is 26.4 Å². The van der Waals surface area contributed by atoms with Gasteiger partial charge >= 0.3 is 0 Å². The number of hydrogen-bond donors (Lipinski definition) is 0. The third-order valence-electron chi connectivity index (χ3n) is 5.22. The van der Waals surface area contributed by atoms with E-state index in [0.29, 0.717) is 12.3 Å². The van der Waals surface area contributed by atoms with E-state index in [9.17, 15) is 4.79 Å². The van der Waals surface area contributed by atoms with Gasteiger partial charge in [0.05, 0.1) is 0 Å². The molecule has 0 aliphatic rings. The Kier molecular flexibility index (Phi) is 7.43. The zero-order valence-electron chi connectivity index (χ0n) is 18.8. The molecule has 0 radical (unpaired) electrons. The second kappa shape index (κ2) is 10.8. The number of carbonyl (C=O) groups excluding carboxylic acids is 1. The lowest BCUT2D eigenvalue weighted by molar-refractivity contribution is -0.135. The summed E-state index contributed by atoms with van der Waals surface area (Å²) >= 11 is 1.72. The normalized spacial score (nSPS) is 10.8. The lowest BCUT2D eigenvalue weighted by Gasteiger charge is -2.27. The summed E-state index contributed by atoms with van der Waals surface area (Å²) in [5, 5.41) is 2.08. The maximum atomic E-state index is 12.9. The van der Waals surface area contributed by atoms with Crippen LogP contribution in [0.25, 0.3) is 10.4 Å². The summed E-state index contributed by atoms with van der Waals surface area (Å²) in [5.74, 6) is 2.08. The molecule has 1 amide bonds. The largest absolute Gasteiger partial charge is 0.484 e. The monoisotopic (exact) mass is 457 g/mol. The smallest absolute Gasteiger partial charge is 0.261 e. The molecular weight excluding hydrogens is 430 g/mol. The minimum atomic E-state index is -0.0445. The molecule has 4 aromatic rings. The van der Waals surface area contributed by atoms with Crippen LogP contribution in [-0.2, 0) is 11.3 Å². The Morgan fingerprint density at radius 1 is 0.818 bits per heavy atom. The summed E-state index contributed by atoms with van der Waals surface area (Å²) < 4.78 is 11.6. The molecule has 0 saturated carbocycles. The number of ether oxygens (including phenoxy) is 2. The van der Waals surface area contributed by atoms with Gasteiger partial charge < -0.3 is 14.4 Å². The van der Waals surface area contributed by atoms with Gasteiger partial charge in [0.25, 0.3) is 5.91 Å². The Bertz CT molecular complexity index is 1140. The zero-order chi connectivity index (χ0) is 23.0. The van der Waals surface area contributed by atoms with E-state index in [-0.39, 0.29) is 18.6 Å². The van der Waals surface area contributed by atoms with Crippen molar-refractivity contribution < 1.29 is 14.3 Å². The second-order valence-corrected chi connectivity index (χ2v) is 8.91. The lowest BCUT2D eigenvalue weighted by atomic mass is 10.1. The third kappa shape index (κ3) is 6.24. The van der Waals surface area contributed by atoms with Crippen LogP contribution in [0.5, 0.6) is 17.2 Å². The number of hydrogen-bond acceptors (Lipinski definition) is 4. The van der Waals surface area contributed by atoms with E-state index in [2.05, 4.69) is 41.8 Å². The molecule has 0 unspecified atom stereocenters.